The summed E-state index contributed by atoms with van der Waals surface area (Å²) >= 11 is 0. The Bertz CT molecular complexity index is 1010. The molecule has 54 heavy (non-hydrogen) atoms. The number of aliphatic hydroxyl groups is 1. The third-order valence-electron chi connectivity index (χ3n) is 9.61. The largest absolute Gasteiger partial charge is 0.480 e. The fourth-order valence-corrected chi connectivity index (χ4v) is 6.22. The second-order valence-electron chi connectivity index (χ2n) is 14.8. The normalized spacial score (nSPS) is 12.8. The molecule has 0 aliphatic heterocycles. The van der Waals surface area contributed by atoms with Gasteiger partial charge in [-0.05, 0) is 89.9 Å². The molecule has 0 aliphatic carbocycles. The van der Waals surface area contributed by atoms with E-state index in [2.05, 4.69) is 60.9 Å². The van der Waals surface area contributed by atoms with Crippen LogP contribution in [0, 0.1) is 0 Å². The summed E-state index contributed by atoms with van der Waals surface area (Å²) in [4.78, 5) is 47.5. The molecule has 0 bridgehead atoms. The van der Waals surface area contributed by atoms with Crippen molar-refractivity contribution in [3.8, 4) is 0 Å². The van der Waals surface area contributed by atoms with E-state index in [0.717, 1.165) is 89.9 Å². The number of carboxylic acids is 1. The minimum Gasteiger partial charge on any atom is -0.480 e. The number of hydrogen-bond acceptors (Lipinski definition) is 6. The van der Waals surface area contributed by atoms with E-state index in [1.807, 2.05) is 0 Å². The highest BCUT2D eigenvalue weighted by atomic mass is 16.5. The van der Waals surface area contributed by atoms with Crippen LogP contribution in [0.2, 0.25) is 0 Å². The quantitative estimate of drug-likeness (QED) is 0.0277. The maximum atomic E-state index is 12.8. The highest BCUT2D eigenvalue weighted by Crippen LogP contribution is 2.18. The summed E-state index contributed by atoms with van der Waals surface area (Å²) in [6.07, 6.45) is 44.5. The molecule has 0 saturated heterocycles. The molecule has 0 spiro atoms. The van der Waals surface area contributed by atoms with Gasteiger partial charge in [-0.15, -0.1) is 0 Å². The van der Waals surface area contributed by atoms with Crippen LogP contribution >= 0.6 is 0 Å². The molecule has 0 fully saturated rings. The molecule has 0 aromatic heterocycles. The Morgan fingerprint density at radius 2 is 1.02 bits per heavy atom. The minimum atomic E-state index is -1.39. The Balaban J connectivity index is 4.35. The zero-order valence-corrected chi connectivity index (χ0v) is 34.5. The van der Waals surface area contributed by atoms with Crippen molar-refractivity contribution in [2.24, 2.45) is 0 Å². The maximum Gasteiger partial charge on any atom is 0.328 e. The van der Waals surface area contributed by atoms with Gasteiger partial charge in [0.05, 0.1) is 13.2 Å². The Morgan fingerprint density at radius 3 is 1.61 bits per heavy atom. The number of carbonyl (C=O) groups excluding carboxylic acids is 3. The highest BCUT2D eigenvalue weighted by Gasteiger charge is 2.19. The van der Waals surface area contributed by atoms with E-state index in [9.17, 15) is 19.2 Å². The van der Waals surface area contributed by atoms with Crippen molar-refractivity contribution < 1.29 is 34.1 Å². The molecule has 2 amide bonds. The van der Waals surface area contributed by atoms with Gasteiger partial charge < -0.3 is 25.6 Å². The fraction of sp³-hybridized carbons (Fsp3) is 0.778. The summed E-state index contributed by atoms with van der Waals surface area (Å²) in [7, 11) is 0. The van der Waals surface area contributed by atoms with Crippen LogP contribution in [-0.4, -0.2) is 59.3 Å². The Labute approximate surface area is 329 Å². The first-order valence-corrected chi connectivity index (χ1v) is 21.9. The molecule has 312 valence electrons. The van der Waals surface area contributed by atoms with E-state index >= 15 is 0 Å². The topological polar surface area (TPSA) is 142 Å². The minimum absolute atomic E-state index is 0.0593. The number of esters is 1. The number of aliphatic hydroxyl groups excluding tert-OH is 1. The fourth-order valence-electron chi connectivity index (χ4n) is 6.22. The van der Waals surface area contributed by atoms with Crippen molar-refractivity contribution in [3.63, 3.8) is 0 Å². The van der Waals surface area contributed by atoms with Crippen LogP contribution < -0.4 is 10.6 Å². The molecule has 0 aromatic rings. The van der Waals surface area contributed by atoms with Crippen LogP contribution in [0.15, 0.2) is 36.5 Å². The van der Waals surface area contributed by atoms with Crippen molar-refractivity contribution in [2.75, 3.05) is 13.2 Å². The second-order valence-corrected chi connectivity index (χ2v) is 14.8. The number of ether oxygens (including phenoxy) is 1. The predicted octanol–water partition coefficient (Wildman–Crippen LogP) is 10.6. The summed E-state index contributed by atoms with van der Waals surface area (Å²) in [5.41, 5.74) is 0. The molecule has 0 aromatic carbocycles. The molecular formula is C45H80N2O7. The number of hydrogen-bond donors (Lipinski definition) is 4. The summed E-state index contributed by atoms with van der Waals surface area (Å²) in [6.45, 7) is 3.44. The molecule has 9 heteroatoms. The molecule has 9 nitrogen and oxygen atoms in total. The predicted molar refractivity (Wildman–Crippen MR) is 222 cm³/mol. The Kier molecular flexibility index (Phi) is 37.6. The summed E-state index contributed by atoms with van der Waals surface area (Å²) in [5.74, 6) is -2.33. The van der Waals surface area contributed by atoms with Crippen LogP contribution in [0.1, 0.15) is 200 Å². The van der Waals surface area contributed by atoms with Crippen molar-refractivity contribution in [2.45, 2.75) is 212 Å². The van der Waals surface area contributed by atoms with Gasteiger partial charge in [0.1, 0.15) is 12.1 Å². The number of amides is 2. The number of aliphatic carboxylic acids is 1. The van der Waals surface area contributed by atoms with Crippen LogP contribution in [-0.2, 0) is 23.9 Å². The van der Waals surface area contributed by atoms with E-state index in [1.54, 1.807) is 0 Å². The number of nitrogens with one attached hydrogen (secondary N) is 2. The van der Waals surface area contributed by atoms with Crippen LogP contribution in [0.3, 0.4) is 0 Å². The van der Waals surface area contributed by atoms with Crippen LogP contribution in [0.5, 0.6) is 0 Å². The van der Waals surface area contributed by atoms with Gasteiger partial charge in [0.15, 0.2) is 0 Å². The van der Waals surface area contributed by atoms with Gasteiger partial charge in [0.2, 0.25) is 11.8 Å². The van der Waals surface area contributed by atoms with Gasteiger partial charge >= 0.3 is 11.9 Å². The molecule has 0 heterocycles. The zero-order chi connectivity index (χ0) is 39.7. The molecular weight excluding hydrogens is 681 g/mol. The third-order valence-corrected chi connectivity index (χ3v) is 9.61. The Hall–Kier alpha value is -2.94. The van der Waals surface area contributed by atoms with Gasteiger partial charge in [0.25, 0.3) is 0 Å². The van der Waals surface area contributed by atoms with Gasteiger partial charge in [-0.3, -0.25) is 14.4 Å². The van der Waals surface area contributed by atoms with Crippen LogP contribution in [0.25, 0.3) is 0 Å². The number of unbranched alkanes of at least 4 members (excludes halogenated alkanes) is 19. The number of carbonyl (C=O) groups is 4. The smallest absolute Gasteiger partial charge is 0.328 e. The van der Waals surface area contributed by atoms with Crippen molar-refractivity contribution in [1.29, 1.82) is 0 Å². The summed E-state index contributed by atoms with van der Waals surface area (Å²) in [5, 5.41) is 22.5. The van der Waals surface area contributed by atoms with E-state index in [1.165, 1.54) is 77.0 Å². The summed E-state index contributed by atoms with van der Waals surface area (Å²) < 4.78 is 6.00. The number of carboxylic acid groups (broad SMARTS) is 1. The number of allylic oxidation sites excluding steroid dienone is 6. The second kappa shape index (κ2) is 39.7. The highest BCUT2D eigenvalue weighted by molar-refractivity contribution is 5.87. The molecule has 0 saturated carbocycles. The number of rotatable bonds is 39. The summed E-state index contributed by atoms with van der Waals surface area (Å²) in [6, 6.07) is -1.39. The maximum absolute atomic E-state index is 12.8. The third kappa shape index (κ3) is 36.1. The standard InChI is InChI=1S/C45H80N2O7/c1-3-5-7-9-11-13-15-16-17-18-20-22-24-29-33-37-44(51)54-40(34-30-26-23-21-19-14-12-10-8-6-4-2)35-31-27-25-28-32-36-42(49)46-38-43(50)47-41(39-48)45(52)53/h12,14,16-17,21,23,40-41,48H,3-11,13,15,18-20,22,24-39H2,1-2H3,(H,46,49)(H,47,50)(H,52,53)/b14-12-,17-16-,23-21-. The zero-order valence-electron chi connectivity index (χ0n) is 34.5. The molecule has 0 radical (unpaired) electrons. The van der Waals surface area contributed by atoms with Gasteiger partial charge in [0, 0.05) is 12.8 Å². The molecule has 4 N–H and O–H groups in total. The van der Waals surface area contributed by atoms with E-state index < -0.39 is 24.5 Å². The van der Waals surface area contributed by atoms with E-state index in [-0.39, 0.29) is 30.9 Å². The lowest BCUT2D eigenvalue weighted by atomic mass is 10.0. The Morgan fingerprint density at radius 1 is 0.556 bits per heavy atom. The lowest BCUT2D eigenvalue weighted by Gasteiger charge is -2.18. The molecule has 0 rings (SSSR count). The molecule has 2 unspecified atom stereocenters. The van der Waals surface area contributed by atoms with Gasteiger partial charge in [-0.1, -0.05) is 134 Å². The first kappa shape index (κ1) is 51.1. The van der Waals surface area contributed by atoms with Gasteiger partial charge in [-0.2, -0.15) is 0 Å². The van der Waals surface area contributed by atoms with E-state index in [0.29, 0.717) is 12.8 Å². The molecule has 2 atom stereocenters. The van der Waals surface area contributed by atoms with E-state index in [4.69, 9.17) is 14.9 Å². The lowest BCUT2D eigenvalue weighted by molar-refractivity contribution is -0.150. The van der Waals surface area contributed by atoms with Crippen molar-refractivity contribution in [1.82, 2.24) is 10.6 Å². The first-order chi connectivity index (χ1) is 26.3. The van der Waals surface area contributed by atoms with Gasteiger partial charge in [-0.25, -0.2) is 4.79 Å². The molecule has 0 aliphatic rings. The monoisotopic (exact) mass is 761 g/mol. The average Bonchev–Trinajstić information content (AvgIpc) is 3.15. The van der Waals surface area contributed by atoms with Crippen LogP contribution in [0.4, 0.5) is 0 Å². The van der Waals surface area contributed by atoms with Crippen molar-refractivity contribution >= 4 is 23.8 Å². The SMILES string of the molecule is CCCCC/C=C\C/C=C\CCCC(CCCCCCCC(=O)NCC(=O)NC(CO)C(=O)O)OC(=O)CCCCCCC/C=C\CCCCCCCC. The first-order valence-electron chi connectivity index (χ1n) is 21.9. The average molecular weight is 761 g/mol. The van der Waals surface area contributed by atoms with Crippen molar-refractivity contribution in [3.05, 3.63) is 36.5 Å². The lowest BCUT2D eigenvalue weighted by Crippen LogP contribution is -2.47.